The number of amides is 2. The summed E-state index contributed by atoms with van der Waals surface area (Å²) in [4.78, 5) is 31.1. The SMILES string of the molecule is CCCOc1ccc(F)cc1N1CCN(CCCN2C(=O)C3CC(O)C(O)CC3C2=O)CC1.Cl. The molecule has 0 spiro atoms. The highest BCUT2D eigenvalue weighted by Crippen LogP contribution is 2.38. The smallest absolute Gasteiger partial charge is 0.233 e. The molecule has 0 radical (unpaired) electrons. The van der Waals surface area contributed by atoms with E-state index >= 15 is 0 Å². The predicted octanol–water partition coefficient (Wildman–Crippen LogP) is 1.67. The number of aliphatic hydroxyl groups excluding tert-OH is 2. The molecule has 2 aliphatic heterocycles. The van der Waals surface area contributed by atoms with E-state index < -0.39 is 24.0 Å². The minimum atomic E-state index is -0.940. The van der Waals surface area contributed by atoms with Crippen LogP contribution in [0.15, 0.2) is 18.2 Å². The summed E-state index contributed by atoms with van der Waals surface area (Å²) < 4.78 is 19.6. The number of likely N-dealkylation sites (tertiary alicyclic amines) is 1. The number of imide groups is 1. The number of rotatable bonds is 8. The van der Waals surface area contributed by atoms with Crippen LogP contribution in [0.2, 0.25) is 0 Å². The van der Waals surface area contributed by atoms with Gasteiger partial charge < -0.3 is 19.8 Å². The van der Waals surface area contributed by atoms with Crippen molar-refractivity contribution in [1.82, 2.24) is 9.80 Å². The molecule has 4 rings (SSSR count). The molecule has 0 aromatic heterocycles. The number of piperazine rings is 1. The van der Waals surface area contributed by atoms with Crippen LogP contribution in [0.3, 0.4) is 0 Å². The van der Waals surface area contributed by atoms with Crippen LogP contribution in [0.5, 0.6) is 5.75 Å². The van der Waals surface area contributed by atoms with Crippen LogP contribution in [-0.2, 0) is 9.59 Å². The van der Waals surface area contributed by atoms with E-state index in [9.17, 15) is 24.2 Å². The Morgan fingerprint density at radius 3 is 2.21 bits per heavy atom. The Hall–Kier alpha value is -1.94. The van der Waals surface area contributed by atoms with Gasteiger partial charge in [-0.3, -0.25) is 19.4 Å². The van der Waals surface area contributed by atoms with E-state index in [0.717, 1.165) is 44.8 Å². The van der Waals surface area contributed by atoms with Crippen molar-refractivity contribution in [2.75, 3.05) is 50.8 Å². The molecule has 0 bridgehead atoms. The number of ether oxygens (including phenoxy) is 1. The van der Waals surface area contributed by atoms with Crippen LogP contribution < -0.4 is 9.64 Å². The Labute approximate surface area is 206 Å². The second kappa shape index (κ2) is 11.7. The summed E-state index contributed by atoms with van der Waals surface area (Å²) >= 11 is 0. The van der Waals surface area contributed by atoms with Crippen molar-refractivity contribution in [2.24, 2.45) is 11.8 Å². The molecule has 4 atom stereocenters. The van der Waals surface area contributed by atoms with E-state index in [4.69, 9.17) is 4.74 Å². The lowest BCUT2D eigenvalue weighted by Crippen LogP contribution is -2.47. The minimum absolute atomic E-state index is 0. The average molecular weight is 500 g/mol. The number of hydrogen-bond donors (Lipinski definition) is 2. The van der Waals surface area contributed by atoms with E-state index in [1.165, 1.54) is 17.0 Å². The number of hydrogen-bond acceptors (Lipinski definition) is 7. The maximum absolute atomic E-state index is 13.9. The van der Waals surface area contributed by atoms with Gasteiger partial charge in [0, 0.05) is 38.8 Å². The van der Waals surface area contributed by atoms with E-state index in [1.54, 1.807) is 6.07 Å². The number of anilines is 1. The van der Waals surface area contributed by atoms with Gasteiger partial charge in [-0.2, -0.15) is 0 Å². The first-order valence-electron chi connectivity index (χ1n) is 12.0. The molecule has 2 amide bonds. The molecule has 1 aromatic carbocycles. The molecule has 34 heavy (non-hydrogen) atoms. The third-order valence-electron chi connectivity index (χ3n) is 7.04. The lowest BCUT2D eigenvalue weighted by atomic mass is 9.78. The summed E-state index contributed by atoms with van der Waals surface area (Å²) in [6.45, 7) is 6.83. The summed E-state index contributed by atoms with van der Waals surface area (Å²) in [6, 6.07) is 4.63. The fourth-order valence-corrected chi connectivity index (χ4v) is 5.17. The van der Waals surface area contributed by atoms with E-state index in [1.807, 2.05) is 6.92 Å². The predicted molar refractivity (Wildman–Crippen MR) is 128 cm³/mol. The van der Waals surface area contributed by atoms with Crippen molar-refractivity contribution in [1.29, 1.82) is 0 Å². The maximum atomic E-state index is 13.9. The quantitative estimate of drug-likeness (QED) is 0.525. The Morgan fingerprint density at radius 1 is 1.00 bits per heavy atom. The molecule has 2 N–H and O–H groups in total. The van der Waals surface area contributed by atoms with Crippen molar-refractivity contribution in [3.63, 3.8) is 0 Å². The summed E-state index contributed by atoms with van der Waals surface area (Å²) in [6.07, 6.45) is -0.0182. The molecule has 10 heteroatoms. The lowest BCUT2D eigenvalue weighted by Gasteiger charge is -2.37. The van der Waals surface area contributed by atoms with Crippen LogP contribution in [0.25, 0.3) is 0 Å². The molecule has 3 fully saturated rings. The molecule has 3 aliphatic rings. The van der Waals surface area contributed by atoms with Gasteiger partial charge in [0.1, 0.15) is 11.6 Å². The zero-order valence-corrected chi connectivity index (χ0v) is 20.4. The molecule has 190 valence electrons. The lowest BCUT2D eigenvalue weighted by molar-refractivity contribution is -0.140. The molecule has 4 unspecified atom stereocenters. The van der Waals surface area contributed by atoms with E-state index in [-0.39, 0.29) is 42.9 Å². The number of halogens is 2. The Morgan fingerprint density at radius 2 is 1.62 bits per heavy atom. The van der Waals surface area contributed by atoms with Gasteiger partial charge in [0.2, 0.25) is 11.8 Å². The fourth-order valence-electron chi connectivity index (χ4n) is 5.17. The van der Waals surface area contributed by atoms with Crippen molar-refractivity contribution in [2.45, 2.75) is 44.8 Å². The van der Waals surface area contributed by atoms with E-state index in [0.29, 0.717) is 25.3 Å². The van der Waals surface area contributed by atoms with Gasteiger partial charge in [0.05, 0.1) is 36.3 Å². The van der Waals surface area contributed by atoms with Crippen molar-refractivity contribution in [3.8, 4) is 5.75 Å². The first-order valence-corrected chi connectivity index (χ1v) is 12.0. The van der Waals surface area contributed by atoms with Gasteiger partial charge in [-0.1, -0.05) is 6.92 Å². The van der Waals surface area contributed by atoms with Gasteiger partial charge in [0.25, 0.3) is 0 Å². The summed E-state index contributed by atoms with van der Waals surface area (Å²) in [5.41, 5.74) is 0.781. The van der Waals surface area contributed by atoms with Gasteiger partial charge in [-0.25, -0.2) is 4.39 Å². The van der Waals surface area contributed by atoms with Crippen LogP contribution in [0.4, 0.5) is 10.1 Å². The second-order valence-corrected chi connectivity index (χ2v) is 9.29. The molecule has 2 saturated heterocycles. The fraction of sp³-hybridized carbons (Fsp3) is 0.667. The molecule has 1 aliphatic carbocycles. The molecular formula is C24H35ClFN3O5. The van der Waals surface area contributed by atoms with Gasteiger partial charge in [0.15, 0.2) is 0 Å². The van der Waals surface area contributed by atoms with Crippen LogP contribution in [0.1, 0.15) is 32.6 Å². The molecule has 2 heterocycles. The standard InChI is InChI=1S/C24H34FN3O5.ClH/c1-2-12-33-22-5-4-16(25)13-19(22)27-10-8-26(9-11-27)6-3-7-28-23(31)17-14-20(29)21(30)15-18(17)24(28)32;/h4-5,13,17-18,20-21,29-30H,2-3,6-12,14-15H2,1H3;1H. The van der Waals surface area contributed by atoms with Crippen LogP contribution in [0, 0.1) is 17.7 Å². The Balaban J connectivity index is 0.00000324. The summed E-state index contributed by atoms with van der Waals surface area (Å²) in [5.74, 6) is -1.02. The zero-order valence-electron chi connectivity index (χ0n) is 19.6. The first-order chi connectivity index (χ1) is 15.9. The van der Waals surface area contributed by atoms with Crippen LogP contribution >= 0.6 is 12.4 Å². The number of aliphatic hydroxyl groups is 2. The van der Waals surface area contributed by atoms with E-state index in [2.05, 4.69) is 9.80 Å². The summed E-state index contributed by atoms with van der Waals surface area (Å²) in [7, 11) is 0. The van der Waals surface area contributed by atoms with Crippen molar-refractivity contribution >= 4 is 29.9 Å². The van der Waals surface area contributed by atoms with Crippen molar-refractivity contribution < 1.29 is 28.9 Å². The third-order valence-corrected chi connectivity index (χ3v) is 7.04. The molecule has 1 saturated carbocycles. The molecule has 1 aromatic rings. The number of fused-ring (bicyclic) bond motifs is 1. The number of benzene rings is 1. The average Bonchev–Trinajstić information content (AvgIpc) is 3.03. The number of nitrogens with zero attached hydrogens (tertiary/aromatic N) is 3. The van der Waals surface area contributed by atoms with Gasteiger partial charge in [-0.15, -0.1) is 12.4 Å². The minimum Gasteiger partial charge on any atom is -0.491 e. The maximum Gasteiger partial charge on any atom is 0.233 e. The zero-order chi connectivity index (χ0) is 23.5. The normalized spacial score (nSPS) is 27.5. The molecular weight excluding hydrogens is 465 g/mol. The largest absolute Gasteiger partial charge is 0.491 e. The monoisotopic (exact) mass is 499 g/mol. The highest BCUT2D eigenvalue weighted by atomic mass is 35.5. The number of carbonyl (C=O) groups excluding carboxylic acids is 2. The first kappa shape index (κ1) is 26.7. The van der Waals surface area contributed by atoms with Crippen molar-refractivity contribution in [3.05, 3.63) is 24.0 Å². The van der Waals surface area contributed by atoms with Crippen LogP contribution in [-0.4, -0.2) is 89.9 Å². The topological polar surface area (TPSA) is 93.6 Å². The Kier molecular flexibility index (Phi) is 9.14. The van der Waals surface area contributed by atoms with Gasteiger partial charge >= 0.3 is 0 Å². The Bertz CT molecular complexity index is 839. The summed E-state index contributed by atoms with van der Waals surface area (Å²) in [5, 5.41) is 19.7. The highest BCUT2D eigenvalue weighted by Gasteiger charge is 2.51. The van der Waals surface area contributed by atoms with Gasteiger partial charge in [-0.05, 0) is 44.4 Å². The second-order valence-electron chi connectivity index (χ2n) is 9.29. The number of carbonyl (C=O) groups is 2. The third kappa shape index (κ3) is 5.64. The highest BCUT2D eigenvalue weighted by molar-refractivity contribution is 6.05. The molecule has 8 nitrogen and oxygen atoms in total.